The van der Waals surface area contributed by atoms with E-state index in [1.54, 1.807) is 0 Å². The van der Waals surface area contributed by atoms with Crippen LogP contribution in [0, 0.1) is 3.80 Å². The summed E-state index contributed by atoms with van der Waals surface area (Å²) in [6, 6.07) is 59.8. The van der Waals surface area contributed by atoms with Gasteiger partial charge in [0.1, 0.15) is 0 Å². The molecule has 2 aliphatic carbocycles. The van der Waals surface area contributed by atoms with Gasteiger partial charge in [0.25, 0.3) is 0 Å². The molecule has 0 aliphatic heterocycles. The number of benzene rings is 7. The normalized spacial score (nSPS) is 13.6. The van der Waals surface area contributed by atoms with Crippen molar-refractivity contribution in [3.05, 3.63) is 202 Å². The van der Waals surface area contributed by atoms with E-state index in [0.29, 0.717) is 0 Å². The van der Waals surface area contributed by atoms with Crippen LogP contribution in [0.1, 0.15) is 48.6 Å². The molecular weight excluding hydrogens is 916 g/mol. The first kappa shape index (κ1) is 35.4. The SMILES string of the molecule is Cn1[c](=[Pt])n(-c2cccc(Oc3ccc4c5cc6c(cc5n(-c5cc(C(C)(C)C)ccn5)c4c3)C3(c4ccccc4-c4ccccc43)c3ccccc3-6)c2)c2ccccc21. The van der Waals surface area contributed by atoms with Gasteiger partial charge >= 0.3 is 194 Å². The minimum absolute atomic E-state index is 0.0557. The fourth-order valence-electron chi connectivity index (χ4n) is 10.2. The van der Waals surface area contributed by atoms with Crippen LogP contribution in [0.15, 0.2) is 170 Å². The minimum atomic E-state index is -0.450. The van der Waals surface area contributed by atoms with Gasteiger partial charge in [0.15, 0.2) is 0 Å². The first-order valence-electron chi connectivity index (χ1n) is 20.5. The van der Waals surface area contributed by atoms with Gasteiger partial charge in [-0.2, -0.15) is 0 Å². The maximum absolute atomic E-state index is 6.80. The van der Waals surface area contributed by atoms with Gasteiger partial charge in [-0.1, -0.05) is 93.6 Å². The summed E-state index contributed by atoms with van der Waals surface area (Å²) in [5, 5.41) is 2.34. The van der Waals surface area contributed by atoms with Crippen LogP contribution in [-0.2, 0) is 37.2 Å². The first-order chi connectivity index (χ1) is 29.2. The molecule has 0 fully saturated rings. The number of imidazole rings is 1. The molecule has 0 unspecified atom stereocenters. The van der Waals surface area contributed by atoms with Gasteiger partial charge in [-0.25, -0.2) is 0 Å². The molecule has 0 amide bonds. The van der Waals surface area contributed by atoms with E-state index < -0.39 is 5.41 Å². The fourth-order valence-corrected chi connectivity index (χ4v) is 11.1. The van der Waals surface area contributed by atoms with Crippen molar-refractivity contribution in [2.45, 2.75) is 31.6 Å². The summed E-state index contributed by atoms with van der Waals surface area (Å²) in [7, 11) is 2.11. The van der Waals surface area contributed by atoms with Gasteiger partial charge in [-0.3, -0.25) is 0 Å². The van der Waals surface area contributed by atoms with Crippen molar-refractivity contribution in [3.8, 4) is 45.3 Å². The number of fused-ring (bicyclic) bond motifs is 14. The van der Waals surface area contributed by atoms with Gasteiger partial charge < -0.3 is 0 Å². The van der Waals surface area contributed by atoms with E-state index in [9.17, 15) is 0 Å². The molecule has 0 saturated carbocycles. The summed E-state index contributed by atoms with van der Waals surface area (Å²) in [4.78, 5) is 5.10. The Morgan fingerprint density at radius 3 is 1.83 bits per heavy atom. The summed E-state index contributed by atoms with van der Waals surface area (Å²) >= 11 is 2.41. The molecule has 292 valence electrons. The summed E-state index contributed by atoms with van der Waals surface area (Å²) in [6.45, 7) is 6.79. The molecule has 0 saturated heterocycles. The predicted molar refractivity (Wildman–Crippen MR) is 239 cm³/mol. The van der Waals surface area contributed by atoms with Crippen LogP contribution in [0.2, 0.25) is 0 Å². The van der Waals surface area contributed by atoms with Gasteiger partial charge in [0.05, 0.1) is 5.41 Å². The van der Waals surface area contributed by atoms with Crippen molar-refractivity contribution in [1.29, 1.82) is 0 Å². The van der Waals surface area contributed by atoms with E-state index in [4.69, 9.17) is 9.72 Å². The summed E-state index contributed by atoms with van der Waals surface area (Å²) in [6.07, 6.45) is 1.96. The van der Waals surface area contributed by atoms with Crippen LogP contribution >= 0.6 is 0 Å². The van der Waals surface area contributed by atoms with E-state index in [1.807, 2.05) is 12.3 Å². The average molecular weight is 956 g/mol. The number of para-hydroxylation sites is 2. The van der Waals surface area contributed by atoms with Gasteiger partial charge in [0, 0.05) is 6.20 Å². The Morgan fingerprint density at radius 1 is 0.517 bits per heavy atom. The Morgan fingerprint density at radius 2 is 1.13 bits per heavy atom. The molecule has 2 aliphatic rings. The average Bonchev–Trinajstić information content (AvgIpc) is 3.94. The summed E-state index contributed by atoms with van der Waals surface area (Å²) < 4.78 is 14.8. The molecule has 3 heterocycles. The Bertz CT molecular complexity index is 3460. The zero-order valence-electron chi connectivity index (χ0n) is 33.7. The van der Waals surface area contributed by atoms with Crippen LogP contribution in [0.3, 0.4) is 0 Å². The van der Waals surface area contributed by atoms with Crippen LogP contribution in [0.25, 0.3) is 66.6 Å². The van der Waals surface area contributed by atoms with Crippen molar-refractivity contribution in [1.82, 2.24) is 18.7 Å². The molecule has 60 heavy (non-hydrogen) atoms. The van der Waals surface area contributed by atoms with Crippen molar-refractivity contribution >= 4 is 32.8 Å². The molecule has 1 spiro atoms. The van der Waals surface area contributed by atoms with E-state index in [-0.39, 0.29) is 5.41 Å². The van der Waals surface area contributed by atoms with E-state index >= 15 is 0 Å². The zero-order chi connectivity index (χ0) is 40.5. The number of nitrogens with zero attached hydrogens (tertiary/aromatic N) is 4. The first-order valence-corrected chi connectivity index (χ1v) is 21.6. The third-order valence-electron chi connectivity index (χ3n) is 12.9. The summed E-state index contributed by atoms with van der Waals surface area (Å²) in [5.41, 5.74) is 16.8. The molecule has 7 aromatic carbocycles. The van der Waals surface area contributed by atoms with Crippen LogP contribution < -0.4 is 4.74 Å². The number of aromatic nitrogens is 4. The van der Waals surface area contributed by atoms with E-state index in [0.717, 1.165) is 48.7 Å². The number of ether oxygens (including phenoxy) is 1. The molecule has 10 aromatic rings. The topological polar surface area (TPSA) is 36.9 Å². The second kappa shape index (κ2) is 12.7. The molecule has 0 radical (unpaired) electrons. The van der Waals surface area contributed by atoms with Crippen LogP contribution in [0.4, 0.5) is 0 Å². The van der Waals surface area contributed by atoms with E-state index in [2.05, 4.69) is 219 Å². The monoisotopic (exact) mass is 955 g/mol. The second-order valence-electron chi connectivity index (χ2n) is 17.2. The number of aryl methyl sites for hydroxylation is 1. The fraction of sp³-hybridized carbons (Fsp3) is 0.111. The Balaban J connectivity index is 1.09. The zero-order valence-corrected chi connectivity index (χ0v) is 36.0. The molecule has 5 nitrogen and oxygen atoms in total. The second-order valence-corrected chi connectivity index (χ2v) is 18.2. The number of pyridine rings is 1. The molecule has 0 atom stereocenters. The quantitative estimate of drug-likeness (QED) is 0.176. The van der Waals surface area contributed by atoms with Crippen molar-refractivity contribution < 1.29 is 24.1 Å². The van der Waals surface area contributed by atoms with E-state index in [1.165, 1.54) is 61.0 Å². The number of rotatable bonds is 4. The molecule has 6 heteroatoms. The third-order valence-corrected chi connectivity index (χ3v) is 14.2. The molecule has 3 aromatic heterocycles. The van der Waals surface area contributed by atoms with Gasteiger partial charge in [0.2, 0.25) is 0 Å². The molecule has 0 N–H and O–H groups in total. The Kier molecular flexibility index (Phi) is 7.51. The van der Waals surface area contributed by atoms with Crippen LogP contribution in [0.5, 0.6) is 11.5 Å². The molecule has 0 bridgehead atoms. The van der Waals surface area contributed by atoms with Crippen LogP contribution in [-0.4, -0.2) is 18.7 Å². The van der Waals surface area contributed by atoms with Crippen molar-refractivity contribution in [2.75, 3.05) is 0 Å². The molecule has 12 rings (SSSR count). The number of hydrogen-bond donors (Lipinski definition) is 0. The molecular formula is C54H40N4OPt. The maximum atomic E-state index is 6.80. The van der Waals surface area contributed by atoms with Crippen molar-refractivity contribution in [3.63, 3.8) is 0 Å². The Hall–Kier alpha value is -6.55. The van der Waals surface area contributed by atoms with Gasteiger partial charge in [-0.15, -0.1) is 0 Å². The standard InChI is InChI=1S/C54H40N4O.Pt/c1-53(2,3)34-26-27-55-52(28-34)58-50-30-37(59-36-15-13-14-35(29-36)57-33-56(4)48-22-11-12-23-49(48)57)24-25-41(50)43-31-42-40-18-7-10-21-46(40)54(47(42)32-51(43)58)44-19-8-5-16-38(44)39-17-6-9-20-45(39)54;/h5-32H,1-4H3;. The predicted octanol–water partition coefficient (Wildman–Crippen LogP) is 13.0. The van der Waals surface area contributed by atoms with Gasteiger partial charge in [-0.05, 0) is 61.6 Å². The third kappa shape index (κ3) is 4.84. The Labute approximate surface area is 359 Å². The summed E-state index contributed by atoms with van der Waals surface area (Å²) in [5.74, 6) is 2.43. The van der Waals surface area contributed by atoms with Crippen molar-refractivity contribution in [2.24, 2.45) is 7.05 Å². The number of hydrogen-bond acceptors (Lipinski definition) is 2.